The van der Waals surface area contributed by atoms with Gasteiger partial charge in [-0.25, -0.2) is 0 Å². The highest BCUT2D eigenvalue weighted by Crippen LogP contribution is 2.21. The number of rotatable bonds is 11. The van der Waals surface area contributed by atoms with Crippen molar-refractivity contribution in [3.05, 3.63) is 0 Å². The molecule has 23 heavy (non-hydrogen) atoms. The summed E-state index contributed by atoms with van der Waals surface area (Å²) in [6, 6.07) is 0.789. The first-order valence-electron chi connectivity index (χ1n) is 9.00. The van der Waals surface area contributed by atoms with E-state index in [0.717, 1.165) is 57.7 Å². The largest absolute Gasteiger partial charge is 0.381 e. The molecular formula is C17H37IN4O. The van der Waals surface area contributed by atoms with Gasteiger partial charge in [0.15, 0.2) is 5.96 Å². The third-order valence-electron chi connectivity index (χ3n) is 4.33. The number of nitrogens with one attached hydrogen (secondary N) is 2. The molecule has 0 bridgehead atoms. The number of hydrogen-bond acceptors (Lipinski definition) is 3. The van der Waals surface area contributed by atoms with E-state index in [1.807, 2.05) is 7.05 Å². The molecule has 6 heteroatoms. The Morgan fingerprint density at radius 2 is 1.78 bits per heavy atom. The van der Waals surface area contributed by atoms with Gasteiger partial charge in [0.1, 0.15) is 0 Å². The standard InChI is InChI=1S/C17H36N4O.HI/c1-4-5-14-22-15-8-11-19-17(18-2)20-12-13-21(3)16-9-6-7-10-16;/h16H,4-15H2,1-3H3,(H2,18,19,20);1H. The lowest BCUT2D eigenvalue weighted by Crippen LogP contribution is -2.42. The van der Waals surface area contributed by atoms with Crippen LogP contribution in [0.2, 0.25) is 0 Å². The monoisotopic (exact) mass is 440 g/mol. The molecule has 0 aliphatic heterocycles. The number of likely N-dealkylation sites (N-methyl/N-ethyl adjacent to an activating group) is 1. The molecule has 138 valence electrons. The van der Waals surface area contributed by atoms with Crippen LogP contribution in [0.15, 0.2) is 4.99 Å². The minimum Gasteiger partial charge on any atom is -0.381 e. The van der Waals surface area contributed by atoms with Gasteiger partial charge in [-0.15, -0.1) is 24.0 Å². The normalized spacial score (nSPS) is 15.7. The predicted molar refractivity (Wildman–Crippen MR) is 110 cm³/mol. The molecular weight excluding hydrogens is 403 g/mol. The second kappa shape index (κ2) is 15.4. The summed E-state index contributed by atoms with van der Waals surface area (Å²) < 4.78 is 5.55. The lowest BCUT2D eigenvalue weighted by Gasteiger charge is -2.24. The highest BCUT2D eigenvalue weighted by atomic mass is 127. The van der Waals surface area contributed by atoms with Crippen LogP contribution < -0.4 is 10.6 Å². The molecule has 5 nitrogen and oxygen atoms in total. The summed E-state index contributed by atoms with van der Waals surface area (Å²) in [6.07, 6.45) is 8.89. The van der Waals surface area contributed by atoms with E-state index in [0.29, 0.717) is 0 Å². The Bertz CT molecular complexity index is 296. The molecule has 0 heterocycles. The van der Waals surface area contributed by atoms with Gasteiger partial charge >= 0.3 is 0 Å². The topological polar surface area (TPSA) is 48.9 Å². The smallest absolute Gasteiger partial charge is 0.191 e. The molecule has 0 unspecified atom stereocenters. The van der Waals surface area contributed by atoms with Gasteiger partial charge in [-0.2, -0.15) is 0 Å². The fraction of sp³-hybridized carbons (Fsp3) is 0.941. The Morgan fingerprint density at radius 1 is 1.13 bits per heavy atom. The number of halogens is 1. The van der Waals surface area contributed by atoms with Crippen LogP contribution in [0.4, 0.5) is 0 Å². The van der Waals surface area contributed by atoms with E-state index in [9.17, 15) is 0 Å². The molecule has 0 atom stereocenters. The minimum atomic E-state index is 0. The minimum absolute atomic E-state index is 0. The van der Waals surface area contributed by atoms with Crippen LogP contribution in [0.3, 0.4) is 0 Å². The first-order valence-corrected chi connectivity index (χ1v) is 9.00. The van der Waals surface area contributed by atoms with Gasteiger partial charge < -0.3 is 20.3 Å². The van der Waals surface area contributed by atoms with Crippen molar-refractivity contribution in [2.45, 2.75) is 57.9 Å². The maximum absolute atomic E-state index is 5.55. The fourth-order valence-corrected chi connectivity index (χ4v) is 2.83. The second-order valence-corrected chi connectivity index (χ2v) is 6.16. The molecule has 1 saturated carbocycles. The van der Waals surface area contributed by atoms with Crippen molar-refractivity contribution in [1.29, 1.82) is 0 Å². The molecule has 1 fully saturated rings. The molecule has 1 aliphatic carbocycles. The van der Waals surface area contributed by atoms with Crippen LogP contribution in [0, 0.1) is 0 Å². The Kier molecular flexibility index (Phi) is 15.4. The predicted octanol–water partition coefficient (Wildman–Crippen LogP) is 2.85. The number of aliphatic imine (C=N–C) groups is 1. The molecule has 0 aromatic rings. The fourth-order valence-electron chi connectivity index (χ4n) is 2.83. The first-order chi connectivity index (χ1) is 10.8. The van der Waals surface area contributed by atoms with Crippen molar-refractivity contribution in [2.75, 3.05) is 46.9 Å². The van der Waals surface area contributed by atoms with Crippen LogP contribution in [-0.4, -0.2) is 63.8 Å². The van der Waals surface area contributed by atoms with E-state index in [4.69, 9.17) is 4.74 Å². The van der Waals surface area contributed by atoms with Crippen molar-refractivity contribution < 1.29 is 4.74 Å². The molecule has 1 aliphatic rings. The van der Waals surface area contributed by atoms with Gasteiger partial charge in [-0.1, -0.05) is 26.2 Å². The highest BCUT2D eigenvalue weighted by Gasteiger charge is 2.18. The molecule has 2 N–H and O–H groups in total. The highest BCUT2D eigenvalue weighted by molar-refractivity contribution is 14.0. The van der Waals surface area contributed by atoms with Crippen LogP contribution in [-0.2, 0) is 4.74 Å². The lowest BCUT2D eigenvalue weighted by molar-refractivity contribution is 0.129. The zero-order chi connectivity index (χ0) is 16.0. The zero-order valence-electron chi connectivity index (χ0n) is 15.3. The average Bonchev–Trinajstić information content (AvgIpc) is 3.06. The van der Waals surface area contributed by atoms with Crippen LogP contribution in [0.1, 0.15) is 51.9 Å². The maximum Gasteiger partial charge on any atom is 0.191 e. The first kappa shape index (κ1) is 22.9. The van der Waals surface area contributed by atoms with Crippen LogP contribution in [0.25, 0.3) is 0 Å². The Labute approximate surface area is 160 Å². The molecule has 0 radical (unpaired) electrons. The van der Waals surface area contributed by atoms with Crippen molar-refractivity contribution >= 4 is 29.9 Å². The van der Waals surface area contributed by atoms with E-state index >= 15 is 0 Å². The molecule has 0 aromatic heterocycles. The lowest BCUT2D eigenvalue weighted by atomic mass is 10.2. The van der Waals surface area contributed by atoms with Crippen molar-refractivity contribution in [2.24, 2.45) is 4.99 Å². The van der Waals surface area contributed by atoms with Gasteiger partial charge in [-0.3, -0.25) is 4.99 Å². The molecule has 0 aromatic carbocycles. The van der Waals surface area contributed by atoms with Gasteiger partial charge in [0.2, 0.25) is 0 Å². The summed E-state index contributed by atoms with van der Waals surface area (Å²) in [7, 11) is 4.06. The molecule has 0 amide bonds. The summed E-state index contributed by atoms with van der Waals surface area (Å²) in [4.78, 5) is 6.75. The zero-order valence-corrected chi connectivity index (χ0v) is 17.6. The number of guanidine groups is 1. The summed E-state index contributed by atoms with van der Waals surface area (Å²) in [5.41, 5.74) is 0. The van der Waals surface area contributed by atoms with Crippen molar-refractivity contribution in [3.8, 4) is 0 Å². The Morgan fingerprint density at radius 3 is 2.43 bits per heavy atom. The van der Waals surface area contributed by atoms with E-state index in [-0.39, 0.29) is 24.0 Å². The maximum atomic E-state index is 5.55. The molecule has 1 rings (SSSR count). The van der Waals surface area contributed by atoms with Crippen LogP contribution in [0.5, 0.6) is 0 Å². The summed E-state index contributed by atoms with van der Waals surface area (Å²) in [6.45, 7) is 6.82. The summed E-state index contributed by atoms with van der Waals surface area (Å²) in [5.74, 6) is 0.897. The molecule has 0 saturated heterocycles. The Hall–Kier alpha value is -0.0800. The van der Waals surface area contributed by atoms with Crippen molar-refractivity contribution in [3.63, 3.8) is 0 Å². The number of unbranched alkanes of at least 4 members (excludes halogenated alkanes) is 1. The van der Waals surface area contributed by atoms with E-state index < -0.39 is 0 Å². The quantitative estimate of drug-likeness (QED) is 0.225. The van der Waals surface area contributed by atoms with E-state index in [1.165, 1.54) is 32.1 Å². The summed E-state index contributed by atoms with van der Waals surface area (Å²) >= 11 is 0. The Balaban J connectivity index is 0.00000484. The van der Waals surface area contributed by atoms with Gasteiger partial charge in [0, 0.05) is 45.9 Å². The number of hydrogen-bond donors (Lipinski definition) is 2. The summed E-state index contributed by atoms with van der Waals surface area (Å²) in [5, 5.41) is 6.74. The van der Waals surface area contributed by atoms with Gasteiger partial charge in [0.05, 0.1) is 0 Å². The second-order valence-electron chi connectivity index (χ2n) is 6.16. The van der Waals surface area contributed by atoms with E-state index in [1.54, 1.807) is 0 Å². The van der Waals surface area contributed by atoms with Crippen molar-refractivity contribution in [1.82, 2.24) is 15.5 Å². The number of nitrogens with zero attached hydrogens (tertiary/aromatic N) is 2. The SMILES string of the molecule is CCCCOCCCNC(=NC)NCCN(C)C1CCCC1.I. The molecule has 0 spiro atoms. The number of ether oxygens (including phenoxy) is 1. The third kappa shape index (κ3) is 11.2. The van der Waals surface area contributed by atoms with E-state index in [2.05, 4.69) is 34.5 Å². The van der Waals surface area contributed by atoms with Gasteiger partial charge in [-0.05, 0) is 32.7 Å². The average molecular weight is 440 g/mol. The van der Waals surface area contributed by atoms with Gasteiger partial charge in [0.25, 0.3) is 0 Å². The van der Waals surface area contributed by atoms with Crippen LogP contribution >= 0.6 is 24.0 Å². The third-order valence-corrected chi connectivity index (χ3v) is 4.33.